The zero-order valence-electron chi connectivity index (χ0n) is 14.4. The first-order chi connectivity index (χ1) is 13.0. The summed E-state index contributed by atoms with van der Waals surface area (Å²) in [4.78, 5) is 16.6. The minimum atomic E-state index is -0.511. The lowest BCUT2D eigenvalue weighted by atomic mass is 9.99. The van der Waals surface area contributed by atoms with E-state index in [2.05, 4.69) is 4.98 Å². The maximum Gasteiger partial charge on any atom is 0.340 e. The number of nitrogens with zero attached hydrogens (tertiary/aromatic N) is 1. The van der Waals surface area contributed by atoms with E-state index in [9.17, 15) is 9.18 Å². The van der Waals surface area contributed by atoms with Gasteiger partial charge in [-0.25, -0.2) is 14.2 Å². The van der Waals surface area contributed by atoms with Gasteiger partial charge in [-0.2, -0.15) is 0 Å². The molecule has 4 aromatic rings. The van der Waals surface area contributed by atoms with Crippen LogP contribution in [0.15, 0.2) is 57.2 Å². The summed E-state index contributed by atoms with van der Waals surface area (Å²) < 4.78 is 25.3. The highest BCUT2D eigenvalue weighted by molar-refractivity contribution is 7.11. The monoisotopic (exact) mass is 382 g/mol. The van der Waals surface area contributed by atoms with Gasteiger partial charge in [-0.1, -0.05) is 23.5 Å². The molecule has 0 saturated heterocycles. The second-order valence-corrected chi connectivity index (χ2v) is 6.91. The van der Waals surface area contributed by atoms with Crippen LogP contribution in [0.2, 0.25) is 0 Å². The molecule has 2 aromatic heterocycles. The first kappa shape index (κ1) is 17.2. The lowest BCUT2D eigenvalue weighted by Gasteiger charge is -2.10. The largest absolute Gasteiger partial charge is 0.431 e. The number of aromatic nitrogens is 1. The van der Waals surface area contributed by atoms with Gasteiger partial charge in [0.25, 0.3) is 5.19 Å². The number of benzene rings is 2. The molecule has 0 aliphatic rings. The van der Waals surface area contributed by atoms with Crippen molar-refractivity contribution in [1.82, 2.24) is 4.98 Å². The van der Waals surface area contributed by atoms with Gasteiger partial charge in [-0.05, 0) is 36.2 Å². The first-order valence-electron chi connectivity index (χ1n) is 8.19. The Morgan fingerprint density at radius 2 is 2.15 bits per heavy atom. The maximum absolute atomic E-state index is 14.2. The molecule has 27 heavy (non-hydrogen) atoms. The Balaban J connectivity index is 1.75. The molecule has 136 valence electrons. The molecule has 5 nitrogen and oxygen atoms in total. The maximum atomic E-state index is 14.2. The number of thiazole rings is 1. The number of hydrogen-bond donors (Lipinski definition) is 1. The quantitative estimate of drug-likeness (QED) is 0.410. The van der Waals surface area contributed by atoms with Gasteiger partial charge in [0.1, 0.15) is 17.1 Å². The Morgan fingerprint density at radius 1 is 1.30 bits per heavy atom. The molecule has 7 heteroatoms. The normalized spacial score (nSPS) is 11.0. The molecular formula is C20H15FN2O3S. The van der Waals surface area contributed by atoms with Gasteiger partial charge in [-0.3, -0.25) is 0 Å². The van der Waals surface area contributed by atoms with Gasteiger partial charge in [-0.15, -0.1) is 0 Å². The average molecular weight is 382 g/mol. The van der Waals surface area contributed by atoms with Crippen LogP contribution in [0.5, 0.6) is 10.9 Å². The zero-order chi connectivity index (χ0) is 19.0. The van der Waals surface area contributed by atoms with E-state index < -0.39 is 11.4 Å². The topological polar surface area (TPSA) is 78.4 Å². The summed E-state index contributed by atoms with van der Waals surface area (Å²) in [5.41, 5.74) is 7.07. The van der Waals surface area contributed by atoms with Crippen molar-refractivity contribution >= 4 is 28.0 Å². The highest BCUT2D eigenvalue weighted by Gasteiger charge is 2.15. The standard InChI is InChI=1S/C20H15FN2O3S/c1-11-14-6-5-13(25-20-23-7-8-27-20)10-17(14)26-19(24)15(11)9-12-3-2-4-16(22)18(12)21/h2-8,10H,9,22H2,1H3. The van der Waals surface area contributed by atoms with Crippen molar-refractivity contribution in [2.45, 2.75) is 13.3 Å². The average Bonchev–Trinajstić information content (AvgIpc) is 3.15. The van der Waals surface area contributed by atoms with Gasteiger partial charge >= 0.3 is 5.63 Å². The fourth-order valence-electron chi connectivity index (χ4n) is 2.93. The summed E-state index contributed by atoms with van der Waals surface area (Å²) in [6.07, 6.45) is 1.76. The van der Waals surface area contributed by atoms with Crippen LogP contribution in [0.3, 0.4) is 0 Å². The summed E-state index contributed by atoms with van der Waals surface area (Å²) in [6, 6.07) is 10.00. The molecule has 0 radical (unpaired) electrons. The molecule has 0 atom stereocenters. The van der Waals surface area contributed by atoms with Crippen molar-refractivity contribution in [1.29, 1.82) is 0 Å². The molecule has 0 aliphatic heterocycles. The number of rotatable bonds is 4. The summed E-state index contributed by atoms with van der Waals surface area (Å²) in [5, 5.41) is 3.07. The Morgan fingerprint density at radius 3 is 2.93 bits per heavy atom. The van der Waals surface area contributed by atoms with Crippen molar-refractivity contribution in [2.24, 2.45) is 0 Å². The number of hydrogen-bond acceptors (Lipinski definition) is 6. The van der Waals surface area contributed by atoms with Gasteiger partial charge < -0.3 is 14.9 Å². The van der Waals surface area contributed by atoms with Crippen LogP contribution < -0.4 is 16.1 Å². The number of aryl methyl sites for hydroxylation is 1. The third kappa shape index (κ3) is 3.29. The number of halogens is 1. The van der Waals surface area contributed by atoms with E-state index in [4.69, 9.17) is 14.9 Å². The van der Waals surface area contributed by atoms with Crippen molar-refractivity contribution in [3.05, 3.63) is 80.9 Å². The number of nitrogens with two attached hydrogens (primary N) is 1. The third-order valence-electron chi connectivity index (χ3n) is 4.35. The first-order valence-corrected chi connectivity index (χ1v) is 9.07. The molecule has 4 rings (SSSR count). The molecule has 0 saturated carbocycles. The molecule has 0 amide bonds. The molecule has 2 heterocycles. The van der Waals surface area contributed by atoms with E-state index >= 15 is 0 Å². The fourth-order valence-corrected chi connectivity index (χ4v) is 3.43. The smallest absolute Gasteiger partial charge is 0.340 e. The summed E-state index contributed by atoms with van der Waals surface area (Å²) in [7, 11) is 0. The number of fused-ring (bicyclic) bond motifs is 1. The van der Waals surface area contributed by atoms with E-state index in [0.717, 1.165) is 10.9 Å². The molecule has 2 N–H and O–H groups in total. The van der Waals surface area contributed by atoms with E-state index in [0.29, 0.717) is 27.7 Å². The minimum absolute atomic E-state index is 0.0549. The van der Waals surface area contributed by atoms with E-state index in [1.807, 2.05) is 18.4 Å². The van der Waals surface area contributed by atoms with Gasteiger partial charge in [0.05, 0.1) is 5.69 Å². The van der Waals surface area contributed by atoms with Gasteiger partial charge in [0, 0.05) is 35.0 Å². The molecule has 0 unspecified atom stereocenters. The van der Waals surface area contributed by atoms with Crippen LogP contribution >= 0.6 is 11.3 Å². The predicted octanol–water partition coefficient (Wildman–Crippen LogP) is 4.66. The molecule has 0 spiro atoms. The number of anilines is 1. The van der Waals surface area contributed by atoms with Gasteiger partial charge in [0.2, 0.25) is 0 Å². The number of ether oxygens (including phenoxy) is 1. The molecular weight excluding hydrogens is 367 g/mol. The van der Waals surface area contributed by atoms with Crippen LogP contribution in [-0.4, -0.2) is 4.98 Å². The highest BCUT2D eigenvalue weighted by atomic mass is 32.1. The van der Waals surface area contributed by atoms with Crippen molar-refractivity contribution in [3.63, 3.8) is 0 Å². The van der Waals surface area contributed by atoms with E-state index in [-0.39, 0.29) is 12.1 Å². The third-order valence-corrected chi connectivity index (χ3v) is 5.00. The molecule has 0 bridgehead atoms. The lowest BCUT2D eigenvalue weighted by Crippen LogP contribution is -2.12. The second kappa shape index (κ2) is 6.85. The second-order valence-electron chi connectivity index (χ2n) is 6.05. The Kier molecular flexibility index (Phi) is 4.37. The molecule has 0 fully saturated rings. The lowest BCUT2D eigenvalue weighted by molar-refractivity contribution is 0.476. The summed E-state index contributed by atoms with van der Waals surface area (Å²) in [6.45, 7) is 1.82. The number of nitrogen functional groups attached to an aromatic ring is 1. The van der Waals surface area contributed by atoms with Crippen LogP contribution in [0.4, 0.5) is 10.1 Å². The van der Waals surface area contributed by atoms with Crippen molar-refractivity contribution in [2.75, 3.05) is 5.73 Å². The van der Waals surface area contributed by atoms with E-state index in [1.54, 1.807) is 30.5 Å². The van der Waals surface area contributed by atoms with Crippen molar-refractivity contribution in [3.8, 4) is 10.9 Å². The van der Waals surface area contributed by atoms with Gasteiger partial charge in [0.15, 0.2) is 0 Å². The fraction of sp³-hybridized carbons (Fsp3) is 0.100. The molecule has 2 aromatic carbocycles. The Bertz CT molecular complexity index is 1190. The van der Waals surface area contributed by atoms with Crippen LogP contribution in [0.1, 0.15) is 16.7 Å². The SMILES string of the molecule is Cc1c(Cc2cccc(N)c2F)c(=O)oc2cc(Oc3nccs3)ccc12. The van der Waals surface area contributed by atoms with E-state index in [1.165, 1.54) is 17.4 Å². The zero-order valence-corrected chi connectivity index (χ0v) is 15.2. The summed E-state index contributed by atoms with van der Waals surface area (Å²) in [5.74, 6) is 0.0122. The predicted molar refractivity (Wildman–Crippen MR) is 103 cm³/mol. The van der Waals surface area contributed by atoms with Crippen LogP contribution in [-0.2, 0) is 6.42 Å². The Hall–Kier alpha value is -3.19. The van der Waals surface area contributed by atoms with Crippen LogP contribution in [0, 0.1) is 12.7 Å². The van der Waals surface area contributed by atoms with Crippen LogP contribution in [0.25, 0.3) is 11.0 Å². The Labute approximate surface area is 157 Å². The molecule has 0 aliphatic carbocycles. The van der Waals surface area contributed by atoms with Crippen molar-refractivity contribution < 1.29 is 13.5 Å². The highest BCUT2D eigenvalue weighted by Crippen LogP contribution is 2.29. The minimum Gasteiger partial charge on any atom is -0.431 e. The summed E-state index contributed by atoms with van der Waals surface area (Å²) >= 11 is 1.36.